The van der Waals surface area contributed by atoms with Crippen molar-refractivity contribution in [3.05, 3.63) is 54.1 Å². The van der Waals surface area contributed by atoms with Gasteiger partial charge >= 0.3 is 0 Å². The van der Waals surface area contributed by atoms with Gasteiger partial charge in [0.15, 0.2) is 5.82 Å². The summed E-state index contributed by atoms with van der Waals surface area (Å²) in [5.74, 6) is 0.249. The van der Waals surface area contributed by atoms with Crippen LogP contribution in [0.1, 0.15) is 18.3 Å². The Morgan fingerprint density at radius 2 is 2.04 bits per heavy atom. The van der Waals surface area contributed by atoms with Gasteiger partial charge in [-0.05, 0) is 44.5 Å². The van der Waals surface area contributed by atoms with Gasteiger partial charge < -0.3 is 5.32 Å². The quantitative estimate of drug-likeness (QED) is 0.579. The third-order valence-electron chi connectivity index (χ3n) is 4.65. The fourth-order valence-electron chi connectivity index (χ4n) is 3.33. The van der Waals surface area contributed by atoms with E-state index >= 15 is 0 Å². The lowest BCUT2D eigenvalue weighted by Crippen LogP contribution is -2.20. The van der Waals surface area contributed by atoms with Crippen molar-refractivity contribution in [1.29, 1.82) is 0 Å². The average molecular weight is 375 g/mol. The predicted molar refractivity (Wildman–Crippen MR) is 107 cm³/mol. The van der Waals surface area contributed by atoms with E-state index < -0.39 is 0 Å². The number of anilines is 1. The van der Waals surface area contributed by atoms with Crippen LogP contribution in [0.5, 0.6) is 0 Å². The zero-order valence-corrected chi connectivity index (χ0v) is 16.0. The number of nitrogens with zero attached hydrogens (tertiary/aromatic N) is 6. The smallest absolute Gasteiger partial charge is 0.247 e. The summed E-state index contributed by atoms with van der Waals surface area (Å²) in [5.41, 5.74) is 4.87. The number of hydrogen-bond donors (Lipinski definition) is 1. The summed E-state index contributed by atoms with van der Waals surface area (Å²) in [7, 11) is 0. The molecule has 0 saturated heterocycles. The first kappa shape index (κ1) is 17.8. The Morgan fingerprint density at radius 1 is 1.18 bits per heavy atom. The van der Waals surface area contributed by atoms with Crippen LogP contribution in [0.3, 0.4) is 0 Å². The number of benzene rings is 1. The van der Waals surface area contributed by atoms with Crippen molar-refractivity contribution < 1.29 is 4.79 Å². The molecule has 0 saturated carbocycles. The Morgan fingerprint density at radius 3 is 2.82 bits per heavy atom. The normalized spacial score (nSPS) is 11.1. The van der Waals surface area contributed by atoms with Crippen LogP contribution in [0.25, 0.3) is 22.0 Å². The minimum Gasteiger partial charge on any atom is -0.306 e. The van der Waals surface area contributed by atoms with Crippen LogP contribution in [0, 0.1) is 13.8 Å². The van der Waals surface area contributed by atoms with Crippen molar-refractivity contribution in [2.24, 2.45) is 0 Å². The van der Waals surface area contributed by atoms with Gasteiger partial charge in [0.25, 0.3) is 0 Å². The molecule has 0 spiro atoms. The summed E-state index contributed by atoms with van der Waals surface area (Å²) in [6, 6.07) is 10.1. The molecule has 1 aromatic carbocycles. The Hall–Kier alpha value is -3.55. The van der Waals surface area contributed by atoms with Crippen LogP contribution in [0.4, 0.5) is 5.82 Å². The fraction of sp³-hybridized carbons (Fsp3) is 0.250. The predicted octanol–water partition coefficient (Wildman–Crippen LogP) is 2.97. The SMILES string of the molecule is CCn1ncc(NC(=O)Cn2nc(C)c(-c3ccc4ncccc4c3)c2C)n1. The van der Waals surface area contributed by atoms with E-state index in [4.69, 9.17) is 0 Å². The molecule has 0 bridgehead atoms. The summed E-state index contributed by atoms with van der Waals surface area (Å²) in [6.07, 6.45) is 3.32. The zero-order valence-electron chi connectivity index (χ0n) is 16.0. The van der Waals surface area contributed by atoms with Crippen LogP contribution in [-0.2, 0) is 17.9 Å². The van der Waals surface area contributed by atoms with Gasteiger partial charge in [-0.15, -0.1) is 5.10 Å². The number of pyridine rings is 1. The molecule has 1 N–H and O–H groups in total. The molecule has 0 atom stereocenters. The van der Waals surface area contributed by atoms with E-state index in [-0.39, 0.29) is 12.5 Å². The second-order valence-corrected chi connectivity index (χ2v) is 6.58. The topological polar surface area (TPSA) is 90.5 Å². The standard InChI is InChI=1S/C20H21N7O/c1-4-27-22-11-18(25-27)23-19(28)12-26-14(3)20(13(2)24-26)16-7-8-17-15(10-16)6-5-9-21-17/h5-11H,4,12H2,1-3H3,(H,23,25,28). The number of rotatable bonds is 5. The van der Waals surface area contributed by atoms with Gasteiger partial charge in [-0.25, -0.2) is 0 Å². The van der Waals surface area contributed by atoms with E-state index in [1.54, 1.807) is 10.9 Å². The monoisotopic (exact) mass is 375 g/mol. The van der Waals surface area contributed by atoms with Gasteiger partial charge in [0.2, 0.25) is 5.91 Å². The molecule has 4 rings (SSSR count). The number of nitrogens with one attached hydrogen (secondary N) is 1. The maximum atomic E-state index is 12.4. The van der Waals surface area contributed by atoms with Crippen LogP contribution in [0.15, 0.2) is 42.7 Å². The van der Waals surface area contributed by atoms with E-state index in [0.717, 1.165) is 33.4 Å². The highest BCUT2D eigenvalue weighted by Crippen LogP contribution is 2.29. The molecule has 142 valence electrons. The largest absolute Gasteiger partial charge is 0.306 e. The minimum absolute atomic E-state index is 0.112. The first-order valence-corrected chi connectivity index (χ1v) is 9.14. The van der Waals surface area contributed by atoms with Gasteiger partial charge in [-0.3, -0.25) is 14.5 Å². The molecule has 0 fully saturated rings. The third-order valence-corrected chi connectivity index (χ3v) is 4.65. The number of carbonyl (C=O) groups is 1. The lowest BCUT2D eigenvalue weighted by Gasteiger charge is -2.07. The van der Waals surface area contributed by atoms with E-state index in [9.17, 15) is 4.79 Å². The Balaban J connectivity index is 1.58. The molecular formula is C20H21N7O. The molecule has 0 aliphatic heterocycles. The number of hydrogen-bond acceptors (Lipinski definition) is 5. The second kappa shape index (κ2) is 7.22. The number of aryl methyl sites for hydroxylation is 2. The zero-order chi connectivity index (χ0) is 19.7. The van der Waals surface area contributed by atoms with Gasteiger partial charge in [-0.1, -0.05) is 12.1 Å². The molecule has 28 heavy (non-hydrogen) atoms. The van der Waals surface area contributed by atoms with Gasteiger partial charge in [0, 0.05) is 22.8 Å². The van der Waals surface area contributed by atoms with Crippen molar-refractivity contribution in [1.82, 2.24) is 29.8 Å². The molecule has 0 unspecified atom stereocenters. The second-order valence-electron chi connectivity index (χ2n) is 6.58. The highest BCUT2D eigenvalue weighted by molar-refractivity contribution is 5.89. The van der Waals surface area contributed by atoms with E-state index in [2.05, 4.69) is 31.7 Å². The molecule has 4 aromatic rings. The summed E-state index contributed by atoms with van der Waals surface area (Å²) < 4.78 is 1.72. The first-order chi connectivity index (χ1) is 13.5. The Bertz CT molecular complexity index is 1160. The molecule has 3 aromatic heterocycles. The summed E-state index contributed by atoms with van der Waals surface area (Å²) in [6.45, 7) is 6.63. The van der Waals surface area contributed by atoms with Gasteiger partial charge in [0.1, 0.15) is 6.54 Å². The highest BCUT2D eigenvalue weighted by atomic mass is 16.2. The van der Waals surface area contributed by atoms with Crippen LogP contribution >= 0.6 is 0 Å². The van der Waals surface area contributed by atoms with E-state index in [0.29, 0.717) is 12.4 Å². The van der Waals surface area contributed by atoms with Gasteiger partial charge in [-0.2, -0.15) is 15.0 Å². The number of amides is 1. The summed E-state index contributed by atoms with van der Waals surface area (Å²) in [5, 5.41) is 16.6. The van der Waals surface area contributed by atoms with E-state index in [1.165, 1.54) is 11.0 Å². The molecule has 8 heteroatoms. The minimum atomic E-state index is -0.192. The lowest BCUT2D eigenvalue weighted by molar-refractivity contribution is -0.117. The molecule has 0 aliphatic rings. The van der Waals surface area contributed by atoms with Gasteiger partial charge in [0.05, 0.1) is 24.0 Å². The lowest BCUT2D eigenvalue weighted by atomic mass is 10.0. The van der Waals surface area contributed by atoms with Crippen LogP contribution in [-0.4, -0.2) is 35.7 Å². The summed E-state index contributed by atoms with van der Waals surface area (Å²) in [4.78, 5) is 18.3. The van der Waals surface area contributed by atoms with Crippen molar-refractivity contribution in [2.45, 2.75) is 33.9 Å². The van der Waals surface area contributed by atoms with Crippen molar-refractivity contribution in [3.8, 4) is 11.1 Å². The Kier molecular flexibility index (Phi) is 4.60. The molecule has 3 heterocycles. The summed E-state index contributed by atoms with van der Waals surface area (Å²) >= 11 is 0. The van der Waals surface area contributed by atoms with Crippen LogP contribution < -0.4 is 5.32 Å². The average Bonchev–Trinajstić information content (AvgIpc) is 3.25. The number of aromatic nitrogens is 6. The molecule has 1 amide bonds. The van der Waals surface area contributed by atoms with Crippen molar-refractivity contribution >= 4 is 22.6 Å². The Labute approximate surface area is 162 Å². The highest BCUT2D eigenvalue weighted by Gasteiger charge is 2.16. The maximum Gasteiger partial charge on any atom is 0.247 e. The first-order valence-electron chi connectivity index (χ1n) is 9.14. The molecule has 0 aliphatic carbocycles. The number of carbonyl (C=O) groups excluding carboxylic acids is 1. The molecular weight excluding hydrogens is 354 g/mol. The third kappa shape index (κ3) is 3.36. The molecule has 0 radical (unpaired) electrons. The fourth-order valence-corrected chi connectivity index (χ4v) is 3.33. The molecule has 8 nitrogen and oxygen atoms in total. The van der Waals surface area contributed by atoms with Crippen LogP contribution in [0.2, 0.25) is 0 Å². The maximum absolute atomic E-state index is 12.4. The van der Waals surface area contributed by atoms with Crippen molar-refractivity contribution in [3.63, 3.8) is 0 Å². The van der Waals surface area contributed by atoms with Crippen molar-refractivity contribution in [2.75, 3.05) is 5.32 Å². The number of fused-ring (bicyclic) bond motifs is 1. The van der Waals surface area contributed by atoms with E-state index in [1.807, 2.05) is 45.0 Å².